The summed E-state index contributed by atoms with van der Waals surface area (Å²) >= 11 is 3.20. The third-order valence-electron chi connectivity index (χ3n) is 3.09. The van der Waals surface area contributed by atoms with Gasteiger partial charge in [-0.1, -0.05) is 15.9 Å². The van der Waals surface area contributed by atoms with Gasteiger partial charge in [0.25, 0.3) is 5.91 Å². The molecule has 1 saturated heterocycles. The van der Waals surface area contributed by atoms with Crippen molar-refractivity contribution in [1.29, 1.82) is 0 Å². The lowest BCUT2D eigenvalue weighted by Crippen LogP contribution is -2.40. The first kappa shape index (κ1) is 14.3. The number of hydrogen-bond donors (Lipinski definition) is 2. The van der Waals surface area contributed by atoms with Crippen LogP contribution in [-0.4, -0.2) is 37.0 Å². The van der Waals surface area contributed by atoms with E-state index in [0.29, 0.717) is 17.3 Å². The predicted octanol–water partition coefficient (Wildman–Crippen LogP) is 1.46. The van der Waals surface area contributed by atoms with Crippen LogP contribution in [0.15, 0.2) is 22.7 Å². The second kappa shape index (κ2) is 5.50. The van der Waals surface area contributed by atoms with Crippen LogP contribution in [-0.2, 0) is 9.84 Å². The number of benzene rings is 1. The molecule has 1 aromatic carbocycles. The van der Waals surface area contributed by atoms with Crippen molar-refractivity contribution in [3.05, 3.63) is 28.2 Å². The van der Waals surface area contributed by atoms with E-state index in [2.05, 4.69) is 21.2 Å². The van der Waals surface area contributed by atoms with Gasteiger partial charge in [0.05, 0.1) is 17.1 Å². The first-order valence-corrected chi connectivity index (χ1v) is 8.48. The first-order chi connectivity index (χ1) is 8.87. The zero-order valence-electron chi connectivity index (χ0n) is 10.1. The normalized spacial score (nSPS) is 19.0. The van der Waals surface area contributed by atoms with Crippen molar-refractivity contribution in [3.8, 4) is 5.75 Å². The molecule has 2 N–H and O–H groups in total. The summed E-state index contributed by atoms with van der Waals surface area (Å²) in [6, 6.07) is 4.48. The van der Waals surface area contributed by atoms with Gasteiger partial charge >= 0.3 is 0 Å². The van der Waals surface area contributed by atoms with Crippen molar-refractivity contribution in [1.82, 2.24) is 5.32 Å². The van der Waals surface area contributed by atoms with E-state index in [1.54, 1.807) is 6.07 Å². The number of amides is 1. The lowest BCUT2D eigenvalue weighted by molar-refractivity contribution is 0.0931. The van der Waals surface area contributed by atoms with Crippen molar-refractivity contribution in [2.45, 2.75) is 18.9 Å². The van der Waals surface area contributed by atoms with Crippen LogP contribution in [0.1, 0.15) is 23.2 Å². The van der Waals surface area contributed by atoms with E-state index in [1.807, 2.05) is 0 Å². The van der Waals surface area contributed by atoms with E-state index in [4.69, 9.17) is 0 Å². The van der Waals surface area contributed by atoms with Crippen molar-refractivity contribution < 1.29 is 18.3 Å². The molecule has 19 heavy (non-hydrogen) atoms. The quantitative estimate of drug-likeness (QED) is 0.848. The minimum atomic E-state index is -2.94. The number of aromatic hydroxyl groups is 1. The Hall–Kier alpha value is -1.08. The number of carbonyl (C=O) groups is 1. The van der Waals surface area contributed by atoms with Crippen LogP contribution in [0.5, 0.6) is 5.75 Å². The summed E-state index contributed by atoms with van der Waals surface area (Å²) in [6.07, 6.45) is 0.844. The number of phenolic OH excluding ortho intramolecular Hbond substituents is 1. The van der Waals surface area contributed by atoms with Crippen molar-refractivity contribution in [2.24, 2.45) is 0 Å². The standard InChI is InChI=1S/C12H14BrNO4S/c13-8-1-2-10(11(15)7-8)12(16)14-9-3-5-19(17,18)6-4-9/h1-2,7,9,15H,3-6H2,(H,14,16). The van der Waals surface area contributed by atoms with Gasteiger partial charge in [0.2, 0.25) is 0 Å². The molecule has 7 heteroatoms. The molecule has 5 nitrogen and oxygen atoms in total. The average Bonchev–Trinajstić information content (AvgIpc) is 2.31. The number of nitrogens with one attached hydrogen (secondary N) is 1. The second-order valence-corrected chi connectivity index (χ2v) is 7.78. The largest absolute Gasteiger partial charge is 0.507 e. The van der Waals surface area contributed by atoms with Gasteiger partial charge in [0.15, 0.2) is 0 Å². The van der Waals surface area contributed by atoms with Crippen LogP contribution >= 0.6 is 15.9 Å². The molecule has 0 spiro atoms. The fraction of sp³-hybridized carbons (Fsp3) is 0.417. The molecule has 1 aliphatic heterocycles. The van der Waals surface area contributed by atoms with Crippen LogP contribution in [0, 0.1) is 0 Å². The third-order valence-corrected chi connectivity index (χ3v) is 5.30. The Morgan fingerprint density at radius 2 is 1.95 bits per heavy atom. The zero-order chi connectivity index (χ0) is 14.0. The fourth-order valence-electron chi connectivity index (χ4n) is 1.99. The maximum atomic E-state index is 12.0. The minimum absolute atomic E-state index is 0.101. The summed E-state index contributed by atoms with van der Waals surface area (Å²) in [6.45, 7) is 0. The Morgan fingerprint density at radius 3 is 2.53 bits per heavy atom. The van der Waals surface area contributed by atoms with Crippen LogP contribution in [0.2, 0.25) is 0 Å². The summed E-state index contributed by atoms with van der Waals surface area (Å²) in [5.74, 6) is -0.279. The predicted molar refractivity (Wildman–Crippen MR) is 74.9 cm³/mol. The molecule has 0 aliphatic carbocycles. The van der Waals surface area contributed by atoms with E-state index in [9.17, 15) is 18.3 Å². The Kier molecular flexibility index (Phi) is 4.15. The molecule has 1 amide bonds. The van der Waals surface area contributed by atoms with E-state index < -0.39 is 9.84 Å². The second-order valence-electron chi connectivity index (χ2n) is 4.56. The Balaban J connectivity index is 2.02. The molecule has 0 aromatic heterocycles. The molecule has 2 rings (SSSR count). The van der Waals surface area contributed by atoms with Crippen LogP contribution in [0.25, 0.3) is 0 Å². The number of sulfone groups is 1. The molecule has 0 unspecified atom stereocenters. The SMILES string of the molecule is O=C(NC1CCS(=O)(=O)CC1)c1ccc(Br)cc1O. The summed E-state index contributed by atoms with van der Waals surface area (Å²) in [5.41, 5.74) is 0.191. The topological polar surface area (TPSA) is 83.5 Å². The van der Waals surface area contributed by atoms with E-state index >= 15 is 0 Å². The molecular weight excluding hydrogens is 334 g/mol. The Bertz CT molecular complexity index is 586. The lowest BCUT2D eigenvalue weighted by Gasteiger charge is -2.23. The Morgan fingerprint density at radius 1 is 1.32 bits per heavy atom. The smallest absolute Gasteiger partial charge is 0.255 e. The molecule has 0 bridgehead atoms. The molecule has 0 saturated carbocycles. The monoisotopic (exact) mass is 347 g/mol. The van der Waals surface area contributed by atoms with Gasteiger partial charge in [0.1, 0.15) is 15.6 Å². The van der Waals surface area contributed by atoms with Crippen LogP contribution < -0.4 is 5.32 Å². The molecule has 104 valence electrons. The maximum Gasteiger partial charge on any atom is 0.255 e. The van der Waals surface area contributed by atoms with Gasteiger partial charge in [-0.2, -0.15) is 0 Å². The Labute approximate surface area is 120 Å². The van der Waals surface area contributed by atoms with E-state index in [0.717, 1.165) is 0 Å². The molecule has 0 radical (unpaired) electrons. The molecular formula is C12H14BrNO4S. The highest BCUT2D eigenvalue weighted by Gasteiger charge is 2.25. The highest BCUT2D eigenvalue weighted by atomic mass is 79.9. The molecule has 1 heterocycles. The average molecular weight is 348 g/mol. The number of halogens is 1. The summed E-state index contributed by atoms with van der Waals surface area (Å²) in [4.78, 5) is 12.0. The first-order valence-electron chi connectivity index (χ1n) is 5.87. The number of phenols is 1. The van der Waals surface area contributed by atoms with Gasteiger partial charge in [-0.3, -0.25) is 4.79 Å². The van der Waals surface area contributed by atoms with Crippen molar-refractivity contribution >= 4 is 31.7 Å². The highest BCUT2D eigenvalue weighted by molar-refractivity contribution is 9.10. The number of hydrogen-bond acceptors (Lipinski definition) is 4. The molecule has 0 atom stereocenters. The van der Waals surface area contributed by atoms with Gasteiger partial charge < -0.3 is 10.4 Å². The lowest BCUT2D eigenvalue weighted by atomic mass is 10.1. The van der Waals surface area contributed by atoms with Gasteiger partial charge in [-0.05, 0) is 31.0 Å². The molecule has 1 aromatic rings. The van der Waals surface area contributed by atoms with Crippen molar-refractivity contribution in [2.75, 3.05) is 11.5 Å². The summed E-state index contributed by atoms with van der Waals surface area (Å²) < 4.78 is 23.3. The van der Waals surface area contributed by atoms with Gasteiger partial charge in [-0.15, -0.1) is 0 Å². The van der Waals surface area contributed by atoms with Gasteiger partial charge in [-0.25, -0.2) is 8.42 Å². The highest BCUT2D eigenvalue weighted by Crippen LogP contribution is 2.22. The number of carbonyl (C=O) groups excluding carboxylic acids is 1. The minimum Gasteiger partial charge on any atom is -0.507 e. The third kappa shape index (κ3) is 3.70. The van der Waals surface area contributed by atoms with E-state index in [-0.39, 0.29) is 34.8 Å². The van der Waals surface area contributed by atoms with Gasteiger partial charge in [0, 0.05) is 10.5 Å². The van der Waals surface area contributed by atoms with Crippen LogP contribution in [0.4, 0.5) is 0 Å². The summed E-state index contributed by atoms with van der Waals surface area (Å²) in [7, 11) is -2.94. The fourth-order valence-corrected chi connectivity index (χ4v) is 3.83. The zero-order valence-corrected chi connectivity index (χ0v) is 12.5. The molecule has 1 fully saturated rings. The van der Waals surface area contributed by atoms with E-state index in [1.165, 1.54) is 12.1 Å². The molecule has 1 aliphatic rings. The maximum absolute atomic E-state index is 12.0. The summed E-state index contributed by atoms with van der Waals surface area (Å²) in [5, 5.41) is 12.4. The number of rotatable bonds is 2. The van der Waals surface area contributed by atoms with Crippen LogP contribution in [0.3, 0.4) is 0 Å². The van der Waals surface area contributed by atoms with Crippen molar-refractivity contribution in [3.63, 3.8) is 0 Å².